The van der Waals surface area contributed by atoms with E-state index < -0.39 is 0 Å². The van der Waals surface area contributed by atoms with Crippen LogP contribution in [0.1, 0.15) is 12.5 Å². The van der Waals surface area contributed by atoms with E-state index in [4.69, 9.17) is 5.73 Å². The number of pyridine rings is 1. The monoisotopic (exact) mass is 183 g/mol. The van der Waals surface area contributed by atoms with Crippen LogP contribution in [0.25, 0.3) is 0 Å². The second-order valence-electron chi connectivity index (χ2n) is 3.03. The third-order valence-electron chi connectivity index (χ3n) is 1.77. The number of halogens is 1. The van der Waals surface area contributed by atoms with Gasteiger partial charge in [0.1, 0.15) is 5.82 Å². The Morgan fingerprint density at radius 1 is 1.62 bits per heavy atom. The topological polar surface area (TPSA) is 50.9 Å². The van der Waals surface area contributed by atoms with Gasteiger partial charge in [-0.1, -0.05) is 0 Å². The lowest BCUT2D eigenvalue weighted by Crippen LogP contribution is -2.32. The first kappa shape index (κ1) is 10.1. The van der Waals surface area contributed by atoms with Crippen molar-refractivity contribution in [1.29, 1.82) is 0 Å². The van der Waals surface area contributed by atoms with Crippen molar-refractivity contribution >= 4 is 0 Å². The van der Waals surface area contributed by atoms with Crippen LogP contribution in [0.15, 0.2) is 18.5 Å². The van der Waals surface area contributed by atoms with Crippen LogP contribution < -0.4 is 11.1 Å². The first-order valence-corrected chi connectivity index (χ1v) is 4.25. The van der Waals surface area contributed by atoms with Crippen molar-refractivity contribution in [1.82, 2.24) is 10.3 Å². The first-order chi connectivity index (χ1) is 6.22. The molecule has 1 aromatic heterocycles. The highest BCUT2D eigenvalue weighted by Gasteiger charge is 1.99. The molecule has 0 saturated carbocycles. The summed E-state index contributed by atoms with van der Waals surface area (Å²) in [5, 5.41) is 3.14. The highest BCUT2D eigenvalue weighted by atomic mass is 19.1. The minimum atomic E-state index is -0.306. The second-order valence-corrected chi connectivity index (χ2v) is 3.03. The Morgan fingerprint density at radius 3 is 3.00 bits per heavy atom. The van der Waals surface area contributed by atoms with Crippen LogP contribution >= 0.6 is 0 Å². The Bertz CT molecular complexity index is 265. The van der Waals surface area contributed by atoms with Crippen molar-refractivity contribution in [2.45, 2.75) is 19.5 Å². The van der Waals surface area contributed by atoms with Crippen molar-refractivity contribution in [3.8, 4) is 0 Å². The SMILES string of the molecule is CC(CN)NCc1cncc(F)c1. The maximum atomic E-state index is 12.7. The minimum absolute atomic E-state index is 0.239. The van der Waals surface area contributed by atoms with E-state index >= 15 is 0 Å². The van der Waals surface area contributed by atoms with E-state index in [0.29, 0.717) is 13.1 Å². The molecule has 0 aromatic carbocycles. The molecule has 1 heterocycles. The summed E-state index contributed by atoms with van der Waals surface area (Å²) in [6, 6.07) is 1.70. The number of hydrogen-bond acceptors (Lipinski definition) is 3. The van der Waals surface area contributed by atoms with Gasteiger partial charge in [0.2, 0.25) is 0 Å². The van der Waals surface area contributed by atoms with E-state index in [0.717, 1.165) is 5.56 Å². The van der Waals surface area contributed by atoms with Gasteiger partial charge in [-0.05, 0) is 18.6 Å². The fraction of sp³-hybridized carbons (Fsp3) is 0.444. The van der Waals surface area contributed by atoms with E-state index in [9.17, 15) is 4.39 Å². The second kappa shape index (κ2) is 4.89. The van der Waals surface area contributed by atoms with E-state index in [2.05, 4.69) is 10.3 Å². The van der Waals surface area contributed by atoms with Crippen molar-refractivity contribution < 1.29 is 4.39 Å². The molecule has 0 aliphatic rings. The molecule has 0 radical (unpaired) electrons. The average Bonchev–Trinajstić information content (AvgIpc) is 2.14. The predicted molar refractivity (Wildman–Crippen MR) is 49.6 cm³/mol. The Labute approximate surface area is 77.2 Å². The highest BCUT2D eigenvalue weighted by molar-refractivity contribution is 5.09. The van der Waals surface area contributed by atoms with Crippen LogP contribution in [0.5, 0.6) is 0 Å². The first-order valence-electron chi connectivity index (χ1n) is 4.25. The van der Waals surface area contributed by atoms with Crippen LogP contribution in [0.3, 0.4) is 0 Å². The summed E-state index contributed by atoms with van der Waals surface area (Å²) >= 11 is 0. The minimum Gasteiger partial charge on any atom is -0.329 e. The molecule has 4 heteroatoms. The normalized spacial score (nSPS) is 12.8. The predicted octanol–water partition coefficient (Wildman–Crippen LogP) is 0.658. The number of hydrogen-bond donors (Lipinski definition) is 2. The third-order valence-corrected chi connectivity index (χ3v) is 1.77. The number of rotatable bonds is 4. The lowest BCUT2D eigenvalue weighted by Gasteiger charge is -2.10. The van der Waals surface area contributed by atoms with E-state index in [-0.39, 0.29) is 11.9 Å². The van der Waals surface area contributed by atoms with Gasteiger partial charge in [0.25, 0.3) is 0 Å². The zero-order valence-corrected chi connectivity index (χ0v) is 7.63. The van der Waals surface area contributed by atoms with Crippen molar-refractivity contribution in [3.63, 3.8) is 0 Å². The third kappa shape index (κ3) is 3.48. The van der Waals surface area contributed by atoms with Gasteiger partial charge in [-0.3, -0.25) is 4.98 Å². The van der Waals surface area contributed by atoms with Gasteiger partial charge in [0.05, 0.1) is 6.20 Å². The standard InChI is InChI=1S/C9H14FN3/c1-7(3-11)13-5-8-2-9(10)6-12-4-8/h2,4,6-7,13H,3,5,11H2,1H3. The lowest BCUT2D eigenvalue weighted by molar-refractivity contribution is 0.551. The highest BCUT2D eigenvalue weighted by Crippen LogP contribution is 2.00. The molecule has 0 spiro atoms. The summed E-state index contributed by atoms with van der Waals surface area (Å²) in [6.07, 6.45) is 2.83. The summed E-state index contributed by atoms with van der Waals surface area (Å²) in [7, 11) is 0. The maximum Gasteiger partial charge on any atom is 0.141 e. The summed E-state index contributed by atoms with van der Waals surface area (Å²) in [4.78, 5) is 3.74. The van der Waals surface area contributed by atoms with Crippen LogP contribution in [0, 0.1) is 5.82 Å². The van der Waals surface area contributed by atoms with Crippen LogP contribution in [-0.2, 0) is 6.54 Å². The molecule has 72 valence electrons. The van der Waals surface area contributed by atoms with Gasteiger partial charge >= 0.3 is 0 Å². The molecule has 1 unspecified atom stereocenters. The molecule has 3 nitrogen and oxygen atoms in total. The van der Waals surface area contributed by atoms with E-state index in [1.54, 1.807) is 6.20 Å². The van der Waals surface area contributed by atoms with Crippen LogP contribution in [0.2, 0.25) is 0 Å². The molecular weight excluding hydrogens is 169 g/mol. The summed E-state index contributed by atoms with van der Waals surface area (Å²) in [6.45, 7) is 3.15. The molecule has 0 bridgehead atoms. The van der Waals surface area contributed by atoms with Gasteiger partial charge < -0.3 is 11.1 Å². The Balaban J connectivity index is 2.45. The zero-order chi connectivity index (χ0) is 9.68. The molecule has 1 atom stereocenters. The lowest BCUT2D eigenvalue weighted by atomic mass is 10.2. The van der Waals surface area contributed by atoms with Gasteiger partial charge in [-0.2, -0.15) is 0 Å². The summed E-state index contributed by atoms with van der Waals surface area (Å²) in [5.41, 5.74) is 6.25. The van der Waals surface area contributed by atoms with Crippen molar-refractivity contribution in [3.05, 3.63) is 29.8 Å². The zero-order valence-electron chi connectivity index (χ0n) is 7.63. The maximum absolute atomic E-state index is 12.7. The van der Waals surface area contributed by atoms with Crippen LogP contribution in [0.4, 0.5) is 4.39 Å². The molecule has 0 saturated heterocycles. The van der Waals surface area contributed by atoms with Gasteiger partial charge in [-0.15, -0.1) is 0 Å². The van der Waals surface area contributed by atoms with E-state index in [1.165, 1.54) is 12.3 Å². The molecule has 1 aromatic rings. The van der Waals surface area contributed by atoms with Gasteiger partial charge in [0, 0.05) is 25.3 Å². The quantitative estimate of drug-likeness (QED) is 0.721. The molecule has 13 heavy (non-hydrogen) atoms. The largest absolute Gasteiger partial charge is 0.329 e. The van der Waals surface area contributed by atoms with Gasteiger partial charge in [0.15, 0.2) is 0 Å². The number of aromatic nitrogens is 1. The van der Waals surface area contributed by atoms with Gasteiger partial charge in [-0.25, -0.2) is 4.39 Å². The average molecular weight is 183 g/mol. The molecule has 3 N–H and O–H groups in total. The fourth-order valence-corrected chi connectivity index (χ4v) is 0.928. The molecule has 0 amide bonds. The molecule has 0 aliphatic heterocycles. The molecule has 0 fully saturated rings. The van der Waals surface area contributed by atoms with Crippen LogP contribution in [-0.4, -0.2) is 17.6 Å². The summed E-state index contributed by atoms with van der Waals surface area (Å²) < 4.78 is 12.7. The molecule has 1 rings (SSSR count). The number of nitrogens with one attached hydrogen (secondary N) is 1. The van der Waals surface area contributed by atoms with E-state index in [1.807, 2.05) is 6.92 Å². The summed E-state index contributed by atoms with van der Waals surface area (Å²) in [5.74, 6) is -0.306. The number of nitrogens with zero attached hydrogens (tertiary/aromatic N) is 1. The number of nitrogens with two attached hydrogens (primary N) is 1. The van der Waals surface area contributed by atoms with Crippen molar-refractivity contribution in [2.75, 3.05) is 6.54 Å². The fourth-order valence-electron chi connectivity index (χ4n) is 0.928. The molecular formula is C9H14FN3. The Kier molecular flexibility index (Phi) is 3.79. The Hall–Kier alpha value is -1.00. The Morgan fingerprint density at radius 2 is 2.38 bits per heavy atom. The smallest absolute Gasteiger partial charge is 0.141 e. The molecule has 0 aliphatic carbocycles. The van der Waals surface area contributed by atoms with Crippen molar-refractivity contribution in [2.24, 2.45) is 5.73 Å².